The summed E-state index contributed by atoms with van der Waals surface area (Å²) < 4.78 is 11.9. The summed E-state index contributed by atoms with van der Waals surface area (Å²) in [4.78, 5) is 0. The standard InChI is InChI=1S/C17H38N2O2/c1-14(2,18)12-16(5,6)20-10-11-21-17(7,8)13-15(3,4)19-9/h19H,10-13,18H2,1-9H3. The van der Waals surface area contributed by atoms with E-state index >= 15 is 0 Å². The lowest BCUT2D eigenvalue weighted by molar-refractivity contribution is -0.0977. The SMILES string of the molecule is CNC(C)(C)CC(C)(C)OCCOC(C)(C)CC(C)(C)N. The Morgan fingerprint density at radius 2 is 1.14 bits per heavy atom. The lowest BCUT2D eigenvalue weighted by Gasteiger charge is -2.36. The highest BCUT2D eigenvalue weighted by Gasteiger charge is 2.29. The molecular weight excluding hydrogens is 264 g/mol. The van der Waals surface area contributed by atoms with Crippen molar-refractivity contribution in [3.05, 3.63) is 0 Å². The second-order valence-corrected chi connectivity index (χ2v) is 8.69. The second kappa shape index (κ2) is 7.40. The quantitative estimate of drug-likeness (QED) is 0.609. The van der Waals surface area contributed by atoms with E-state index in [1.807, 2.05) is 20.9 Å². The van der Waals surface area contributed by atoms with Crippen LogP contribution in [0.4, 0.5) is 0 Å². The molecule has 0 rings (SSSR count). The minimum absolute atomic E-state index is 0.0627. The van der Waals surface area contributed by atoms with Gasteiger partial charge in [-0.05, 0) is 75.3 Å². The molecule has 4 nitrogen and oxygen atoms in total. The normalized spacial score (nSPS) is 14.6. The highest BCUT2D eigenvalue weighted by molar-refractivity contribution is 4.85. The van der Waals surface area contributed by atoms with Gasteiger partial charge in [0.2, 0.25) is 0 Å². The Morgan fingerprint density at radius 3 is 1.48 bits per heavy atom. The van der Waals surface area contributed by atoms with Gasteiger partial charge in [-0.15, -0.1) is 0 Å². The Balaban J connectivity index is 4.14. The topological polar surface area (TPSA) is 56.5 Å². The fraction of sp³-hybridized carbons (Fsp3) is 1.00. The van der Waals surface area contributed by atoms with Crippen molar-refractivity contribution in [3.63, 3.8) is 0 Å². The maximum Gasteiger partial charge on any atom is 0.0708 e. The van der Waals surface area contributed by atoms with E-state index in [4.69, 9.17) is 15.2 Å². The molecule has 0 fully saturated rings. The van der Waals surface area contributed by atoms with Crippen molar-refractivity contribution in [1.82, 2.24) is 5.32 Å². The summed E-state index contributed by atoms with van der Waals surface area (Å²) in [5, 5.41) is 3.31. The van der Waals surface area contributed by atoms with Gasteiger partial charge < -0.3 is 20.5 Å². The van der Waals surface area contributed by atoms with Gasteiger partial charge in [0.25, 0.3) is 0 Å². The highest BCUT2D eigenvalue weighted by atomic mass is 16.5. The molecule has 4 heteroatoms. The molecule has 0 aliphatic rings. The highest BCUT2D eigenvalue weighted by Crippen LogP contribution is 2.24. The van der Waals surface area contributed by atoms with Crippen LogP contribution in [0.25, 0.3) is 0 Å². The van der Waals surface area contributed by atoms with E-state index in [1.165, 1.54) is 0 Å². The summed E-state index contributed by atoms with van der Waals surface area (Å²) in [6.45, 7) is 18.0. The molecule has 0 bridgehead atoms. The Morgan fingerprint density at radius 1 is 0.762 bits per heavy atom. The van der Waals surface area contributed by atoms with Crippen LogP contribution in [0.5, 0.6) is 0 Å². The fourth-order valence-corrected chi connectivity index (χ4v) is 2.99. The Bertz CT molecular complexity index is 304. The van der Waals surface area contributed by atoms with E-state index in [1.54, 1.807) is 0 Å². The van der Waals surface area contributed by atoms with Gasteiger partial charge in [-0.2, -0.15) is 0 Å². The van der Waals surface area contributed by atoms with Crippen LogP contribution in [0.2, 0.25) is 0 Å². The first-order chi connectivity index (χ1) is 9.18. The summed E-state index contributed by atoms with van der Waals surface area (Å²) in [7, 11) is 1.98. The molecule has 128 valence electrons. The minimum Gasteiger partial charge on any atom is -0.373 e. The predicted octanol–water partition coefficient (Wildman–Crippen LogP) is 3.09. The molecule has 0 aromatic heterocycles. The molecule has 0 unspecified atom stereocenters. The fourth-order valence-electron chi connectivity index (χ4n) is 2.99. The van der Waals surface area contributed by atoms with Crippen LogP contribution in [0, 0.1) is 0 Å². The second-order valence-electron chi connectivity index (χ2n) is 8.69. The van der Waals surface area contributed by atoms with Crippen LogP contribution in [0.3, 0.4) is 0 Å². The van der Waals surface area contributed by atoms with Crippen LogP contribution in [-0.2, 0) is 9.47 Å². The Labute approximate surface area is 132 Å². The minimum atomic E-state index is -0.226. The third kappa shape index (κ3) is 11.1. The van der Waals surface area contributed by atoms with Crippen molar-refractivity contribution in [3.8, 4) is 0 Å². The van der Waals surface area contributed by atoms with Crippen LogP contribution >= 0.6 is 0 Å². The molecule has 0 aliphatic carbocycles. The number of ether oxygens (including phenoxy) is 2. The Hall–Kier alpha value is -0.160. The van der Waals surface area contributed by atoms with E-state index in [0.717, 1.165) is 12.8 Å². The molecule has 0 saturated carbocycles. The van der Waals surface area contributed by atoms with Gasteiger partial charge in [0, 0.05) is 11.1 Å². The van der Waals surface area contributed by atoms with Gasteiger partial charge in [0.15, 0.2) is 0 Å². The smallest absolute Gasteiger partial charge is 0.0708 e. The number of hydrogen-bond acceptors (Lipinski definition) is 4. The summed E-state index contributed by atoms with van der Waals surface area (Å²) >= 11 is 0. The first-order valence-electron chi connectivity index (χ1n) is 7.94. The Kier molecular flexibility index (Phi) is 7.35. The molecule has 0 aromatic rings. The molecule has 0 amide bonds. The largest absolute Gasteiger partial charge is 0.373 e. The molecule has 0 aromatic carbocycles. The average Bonchev–Trinajstić information content (AvgIpc) is 2.20. The van der Waals surface area contributed by atoms with Crippen molar-refractivity contribution in [1.29, 1.82) is 0 Å². The maximum atomic E-state index is 6.06. The average molecular weight is 303 g/mol. The lowest BCUT2D eigenvalue weighted by Crippen LogP contribution is -2.45. The molecule has 0 heterocycles. The molecule has 0 atom stereocenters. The lowest BCUT2D eigenvalue weighted by atomic mass is 9.89. The maximum absolute atomic E-state index is 6.06. The van der Waals surface area contributed by atoms with Crippen molar-refractivity contribution in [2.75, 3.05) is 20.3 Å². The van der Waals surface area contributed by atoms with Gasteiger partial charge in [0.05, 0.1) is 24.4 Å². The van der Waals surface area contributed by atoms with Crippen LogP contribution in [0.15, 0.2) is 0 Å². The zero-order valence-electron chi connectivity index (χ0n) is 15.7. The molecule has 0 spiro atoms. The van der Waals surface area contributed by atoms with Crippen LogP contribution < -0.4 is 11.1 Å². The van der Waals surface area contributed by atoms with Crippen LogP contribution in [0.1, 0.15) is 68.2 Å². The van der Waals surface area contributed by atoms with Crippen LogP contribution in [-0.4, -0.2) is 42.5 Å². The van der Waals surface area contributed by atoms with Gasteiger partial charge in [-0.1, -0.05) is 0 Å². The summed E-state index contributed by atoms with van der Waals surface area (Å²) in [5.41, 5.74) is 5.50. The number of nitrogens with two attached hydrogens (primary N) is 1. The van der Waals surface area contributed by atoms with E-state index in [-0.39, 0.29) is 22.3 Å². The van der Waals surface area contributed by atoms with Crippen molar-refractivity contribution in [2.45, 2.75) is 90.5 Å². The summed E-state index contributed by atoms with van der Waals surface area (Å²) in [6, 6.07) is 0. The zero-order chi connectivity index (χ0) is 16.9. The molecule has 0 radical (unpaired) electrons. The monoisotopic (exact) mass is 302 g/mol. The van der Waals surface area contributed by atoms with E-state index in [2.05, 4.69) is 46.9 Å². The molecular formula is C17H38N2O2. The van der Waals surface area contributed by atoms with Gasteiger partial charge in [-0.3, -0.25) is 0 Å². The molecule has 0 aliphatic heterocycles. The van der Waals surface area contributed by atoms with Gasteiger partial charge in [0.1, 0.15) is 0 Å². The molecule has 3 N–H and O–H groups in total. The number of hydrogen-bond donors (Lipinski definition) is 2. The zero-order valence-corrected chi connectivity index (χ0v) is 15.7. The molecule has 21 heavy (non-hydrogen) atoms. The van der Waals surface area contributed by atoms with E-state index in [9.17, 15) is 0 Å². The van der Waals surface area contributed by atoms with E-state index < -0.39 is 0 Å². The first kappa shape index (κ1) is 20.8. The molecule has 0 saturated heterocycles. The van der Waals surface area contributed by atoms with Crippen molar-refractivity contribution < 1.29 is 9.47 Å². The van der Waals surface area contributed by atoms with Crippen molar-refractivity contribution in [2.24, 2.45) is 5.73 Å². The number of nitrogens with one attached hydrogen (secondary N) is 1. The summed E-state index contributed by atoms with van der Waals surface area (Å²) in [5.74, 6) is 0. The van der Waals surface area contributed by atoms with Gasteiger partial charge >= 0.3 is 0 Å². The van der Waals surface area contributed by atoms with Gasteiger partial charge in [-0.25, -0.2) is 0 Å². The third-order valence-corrected chi connectivity index (χ3v) is 3.49. The third-order valence-electron chi connectivity index (χ3n) is 3.49. The first-order valence-corrected chi connectivity index (χ1v) is 7.94. The van der Waals surface area contributed by atoms with Crippen molar-refractivity contribution >= 4 is 0 Å². The predicted molar refractivity (Wildman–Crippen MR) is 90.7 cm³/mol. The van der Waals surface area contributed by atoms with E-state index in [0.29, 0.717) is 13.2 Å². The number of rotatable bonds is 10. The summed E-state index contributed by atoms with van der Waals surface area (Å²) in [6.07, 6.45) is 1.76.